The number of carbonyl (C=O) groups excluding carboxylic acids is 1. The van der Waals surface area contributed by atoms with Gasteiger partial charge < -0.3 is 15.5 Å². The highest BCUT2D eigenvalue weighted by Crippen LogP contribution is 2.14. The number of nitrogens with one attached hydrogen (secondary N) is 1. The predicted octanol–water partition coefficient (Wildman–Crippen LogP) is 0.558. The van der Waals surface area contributed by atoms with Gasteiger partial charge in [0, 0.05) is 18.2 Å². The van der Waals surface area contributed by atoms with Crippen LogP contribution in [0.5, 0.6) is 0 Å². The summed E-state index contributed by atoms with van der Waals surface area (Å²) in [5.41, 5.74) is 0.299. The molecule has 0 heterocycles. The van der Waals surface area contributed by atoms with Crippen molar-refractivity contribution >= 4 is 23.6 Å². The molecule has 0 radical (unpaired) electrons. The number of nitro groups is 1. The van der Waals surface area contributed by atoms with Crippen LogP contribution in [-0.4, -0.2) is 39.2 Å². The fourth-order valence-electron chi connectivity index (χ4n) is 1.50. The predicted molar refractivity (Wildman–Crippen MR) is 73.4 cm³/mol. The van der Waals surface area contributed by atoms with E-state index in [-0.39, 0.29) is 5.69 Å². The second-order valence-electron chi connectivity index (χ2n) is 4.25. The van der Waals surface area contributed by atoms with Crippen molar-refractivity contribution in [2.24, 2.45) is 0 Å². The largest absolute Gasteiger partial charge is 0.480 e. The van der Waals surface area contributed by atoms with Gasteiger partial charge in [0.15, 0.2) is 6.04 Å². The van der Waals surface area contributed by atoms with Crippen molar-refractivity contribution in [2.45, 2.75) is 19.1 Å². The zero-order chi connectivity index (χ0) is 16.0. The van der Waals surface area contributed by atoms with Crippen LogP contribution in [-0.2, 0) is 9.59 Å². The molecule has 1 aromatic rings. The molecular weight excluding hydrogens is 280 g/mol. The molecule has 0 fully saturated rings. The standard InChI is InChI=1S/C13H14N2O6/c1-8(16)12(13(18)19)14-11(17)6-5-9-3-2-4-10(7-9)15(20)21/h2-8,12,16H,1H3,(H,14,17)(H,18,19)/b6-5+. The van der Waals surface area contributed by atoms with Crippen molar-refractivity contribution in [1.29, 1.82) is 0 Å². The van der Waals surface area contributed by atoms with Gasteiger partial charge in [-0.3, -0.25) is 14.9 Å². The normalized spacial score (nSPS) is 13.6. The highest BCUT2D eigenvalue weighted by Gasteiger charge is 2.23. The van der Waals surface area contributed by atoms with E-state index in [1.807, 2.05) is 0 Å². The molecule has 1 amide bonds. The number of hydrogen-bond donors (Lipinski definition) is 3. The van der Waals surface area contributed by atoms with Gasteiger partial charge in [-0.15, -0.1) is 0 Å². The van der Waals surface area contributed by atoms with Gasteiger partial charge in [-0.25, -0.2) is 4.79 Å². The lowest BCUT2D eigenvalue weighted by molar-refractivity contribution is -0.384. The molecule has 0 aliphatic rings. The van der Waals surface area contributed by atoms with E-state index in [1.54, 1.807) is 6.07 Å². The van der Waals surface area contributed by atoms with Crippen LogP contribution in [0.1, 0.15) is 12.5 Å². The van der Waals surface area contributed by atoms with E-state index >= 15 is 0 Å². The van der Waals surface area contributed by atoms with Crippen LogP contribution in [0, 0.1) is 10.1 Å². The topological polar surface area (TPSA) is 130 Å². The van der Waals surface area contributed by atoms with E-state index in [9.17, 15) is 24.8 Å². The molecule has 2 unspecified atom stereocenters. The van der Waals surface area contributed by atoms with Crippen LogP contribution >= 0.6 is 0 Å². The molecule has 3 N–H and O–H groups in total. The summed E-state index contributed by atoms with van der Waals surface area (Å²) in [6, 6.07) is 4.18. The number of rotatable bonds is 6. The molecule has 0 aromatic heterocycles. The van der Waals surface area contributed by atoms with E-state index in [0.29, 0.717) is 5.56 Å². The SMILES string of the molecule is CC(O)C(NC(=O)/C=C/c1cccc([N+](=O)[O-])c1)C(=O)O. The fraction of sp³-hybridized carbons (Fsp3) is 0.231. The van der Waals surface area contributed by atoms with E-state index in [2.05, 4.69) is 5.32 Å². The minimum absolute atomic E-state index is 0.120. The first-order valence-electron chi connectivity index (χ1n) is 5.95. The Labute approximate surface area is 119 Å². The third-order valence-electron chi connectivity index (χ3n) is 2.55. The summed E-state index contributed by atoms with van der Waals surface area (Å²) in [6.45, 7) is 1.24. The Morgan fingerprint density at radius 2 is 2.10 bits per heavy atom. The number of amides is 1. The van der Waals surface area contributed by atoms with E-state index in [1.165, 1.54) is 31.2 Å². The quantitative estimate of drug-likeness (QED) is 0.399. The molecule has 1 aromatic carbocycles. The highest BCUT2D eigenvalue weighted by molar-refractivity contribution is 5.94. The molecule has 112 valence electrons. The number of non-ortho nitro benzene ring substituents is 1. The van der Waals surface area contributed by atoms with Crippen molar-refractivity contribution in [3.63, 3.8) is 0 Å². The summed E-state index contributed by atoms with van der Waals surface area (Å²) >= 11 is 0. The molecule has 0 spiro atoms. The first-order chi connectivity index (χ1) is 9.81. The number of nitrogens with zero attached hydrogens (tertiary/aromatic N) is 1. The minimum Gasteiger partial charge on any atom is -0.480 e. The summed E-state index contributed by atoms with van der Waals surface area (Å²) < 4.78 is 0. The molecular formula is C13H14N2O6. The number of carbonyl (C=O) groups is 2. The molecule has 8 heteroatoms. The van der Waals surface area contributed by atoms with Gasteiger partial charge in [0.25, 0.3) is 5.69 Å². The van der Waals surface area contributed by atoms with Gasteiger partial charge in [0.1, 0.15) is 0 Å². The molecule has 0 bridgehead atoms. The molecule has 0 saturated carbocycles. The number of nitro benzene ring substituents is 1. The minimum atomic E-state index is -1.42. The van der Waals surface area contributed by atoms with Crippen molar-refractivity contribution in [3.8, 4) is 0 Å². The van der Waals surface area contributed by atoms with Gasteiger partial charge in [0.2, 0.25) is 5.91 Å². The third-order valence-corrected chi connectivity index (χ3v) is 2.55. The molecule has 0 saturated heterocycles. The van der Waals surface area contributed by atoms with Crippen molar-refractivity contribution in [2.75, 3.05) is 0 Å². The number of aliphatic hydroxyl groups is 1. The average Bonchev–Trinajstić information content (AvgIpc) is 2.42. The molecule has 8 nitrogen and oxygen atoms in total. The van der Waals surface area contributed by atoms with Crippen molar-refractivity contribution in [3.05, 3.63) is 46.0 Å². The van der Waals surface area contributed by atoms with E-state index < -0.39 is 28.9 Å². The third kappa shape index (κ3) is 5.03. The van der Waals surface area contributed by atoms with Gasteiger partial charge in [-0.05, 0) is 18.6 Å². The lowest BCUT2D eigenvalue weighted by atomic mass is 10.1. The molecule has 0 aliphatic carbocycles. The van der Waals surface area contributed by atoms with Crippen LogP contribution < -0.4 is 5.32 Å². The Kier molecular flexibility index (Phi) is 5.56. The lowest BCUT2D eigenvalue weighted by Crippen LogP contribution is -2.47. The van der Waals surface area contributed by atoms with Crippen LogP contribution in [0.15, 0.2) is 30.3 Å². The summed E-state index contributed by atoms with van der Waals surface area (Å²) in [6.07, 6.45) is 1.10. The Hall–Kier alpha value is -2.74. The Morgan fingerprint density at radius 3 is 2.62 bits per heavy atom. The fourth-order valence-corrected chi connectivity index (χ4v) is 1.50. The maximum Gasteiger partial charge on any atom is 0.328 e. The summed E-state index contributed by atoms with van der Waals surface area (Å²) in [5.74, 6) is -2.09. The van der Waals surface area contributed by atoms with E-state index in [0.717, 1.165) is 6.08 Å². The Balaban J connectivity index is 2.76. The molecule has 2 atom stereocenters. The Bertz CT molecular complexity index is 582. The molecule has 0 aliphatic heterocycles. The van der Waals surface area contributed by atoms with E-state index in [4.69, 9.17) is 5.11 Å². The van der Waals surface area contributed by atoms with Gasteiger partial charge in [0.05, 0.1) is 11.0 Å². The van der Waals surface area contributed by atoms with Crippen molar-refractivity contribution < 1.29 is 24.7 Å². The molecule has 1 rings (SSSR count). The Morgan fingerprint density at radius 1 is 1.43 bits per heavy atom. The zero-order valence-corrected chi connectivity index (χ0v) is 11.1. The first-order valence-corrected chi connectivity index (χ1v) is 5.95. The number of aliphatic hydroxyl groups excluding tert-OH is 1. The van der Waals surface area contributed by atoms with Crippen LogP contribution in [0.3, 0.4) is 0 Å². The van der Waals surface area contributed by atoms with Gasteiger partial charge in [-0.1, -0.05) is 12.1 Å². The number of carboxylic acids is 1. The summed E-state index contributed by atoms with van der Waals surface area (Å²) in [7, 11) is 0. The van der Waals surface area contributed by atoms with Crippen LogP contribution in [0.2, 0.25) is 0 Å². The monoisotopic (exact) mass is 294 g/mol. The summed E-state index contributed by atoms with van der Waals surface area (Å²) in [4.78, 5) is 32.4. The number of aliphatic carboxylic acids is 1. The highest BCUT2D eigenvalue weighted by atomic mass is 16.6. The van der Waals surface area contributed by atoms with Gasteiger partial charge >= 0.3 is 5.97 Å². The lowest BCUT2D eigenvalue weighted by Gasteiger charge is -2.15. The number of benzene rings is 1. The maximum absolute atomic E-state index is 11.5. The number of carboxylic acid groups (broad SMARTS) is 1. The maximum atomic E-state index is 11.5. The number of hydrogen-bond acceptors (Lipinski definition) is 5. The smallest absolute Gasteiger partial charge is 0.328 e. The van der Waals surface area contributed by atoms with Gasteiger partial charge in [-0.2, -0.15) is 0 Å². The van der Waals surface area contributed by atoms with Crippen molar-refractivity contribution in [1.82, 2.24) is 5.32 Å². The van der Waals surface area contributed by atoms with Crippen LogP contribution in [0.25, 0.3) is 6.08 Å². The molecule has 21 heavy (non-hydrogen) atoms. The second-order valence-corrected chi connectivity index (χ2v) is 4.25. The van der Waals surface area contributed by atoms with Crippen LogP contribution in [0.4, 0.5) is 5.69 Å². The first kappa shape index (κ1) is 16.3. The zero-order valence-electron chi connectivity index (χ0n) is 11.1. The second kappa shape index (κ2) is 7.15. The summed E-state index contributed by atoms with van der Waals surface area (Å²) in [5, 5.41) is 30.7. The average molecular weight is 294 g/mol.